The summed E-state index contributed by atoms with van der Waals surface area (Å²) in [6, 6.07) is 32.5. The molecule has 0 amide bonds. The molecule has 2 fully saturated rings. The van der Waals surface area contributed by atoms with Gasteiger partial charge in [-0.1, -0.05) is 129 Å². The minimum atomic E-state index is -0.135. The van der Waals surface area contributed by atoms with Crippen LogP contribution in [0.5, 0.6) is 0 Å². The number of para-hydroxylation sites is 1. The molecule has 308 valence electrons. The Morgan fingerprint density at radius 2 is 1.28 bits per heavy atom. The van der Waals surface area contributed by atoms with Gasteiger partial charge in [-0.15, -0.1) is 0 Å². The van der Waals surface area contributed by atoms with E-state index in [0.717, 1.165) is 0 Å². The minimum absolute atomic E-state index is 0.00102. The molecule has 0 N–H and O–H groups in total. The first-order chi connectivity index (χ1) is 29.0. The lowest BCUT2D eigenvalue weighted by Crippen LogP contribution is -2.64. The van der Waals surface area contributed by atoms with E-state index in [1.165, 1.54) is 146 Å². The minimum Gasteiger partial charge on any atom is -0.335 e. The van der Waals surface area contributed by atoms with Gasteiger partial charge in [-0.2, -0.15) is 0 Å². The van der Waals surface area contributed by atoms with Crippen molar-refractivity contribution in [3.05, 3.63) is 118 Å². The zero-order valence-corrected chi connectivity index (χ0v) is 38.6. The second-order valence-electron chi connectivity index (χ2n) is 23.3. The van der Waals surface area contributed by atoms with Crippen LogP contribution in [0.1, 0.15) is 153 Å². The van der Waals surface area contributed by atoms with E-state index in [2.05, 4.69) is 169 Å². The van der Waals surface area contributed by atoms with Gasteiger partial charge in [0.1, 0.15) is 0 Å². The van der Waals surface area contributed by atoms with Crippen molar-refractivity contribution >= 4 is 56.8 Å². The third kappa shape index (κ3) is 4.00. The fourth-order valence-corrected chi connectivity index (χ4v) is 15.7. The molecule has 4 heteroatoms. The Balaban J connectivity index is 1.22. The van der Waals surface area contributed by atoms with E-state index < -0.39 is 0 Å². The Kier molecular flexibility index (Phi) is 6.71. The Bertz CT molecular complexity index is 3010. The van der Waals surface area contributed by atoms with Crippen molar-refractivity contribution in [3.8, 4) is 16.9 Å². The standard InChI is InChI=1S/C57H62BN3/c1-33-27-34(2)46-43(28-33)60(57(11)26-17-15-24-55(46,57)9)36-31-44-48-45(32-36)61-51-40(54(8)23-14-16-25-56(54,61)10)21-18-22-41(51)58(48)42-30-35(52(3,4)5)29-38-47-50(59(44)49(38)42)37-19-12-13-20-39(37)53(47,6)7/h12-13,18-22,27-32H,14-17,23-26H2,1-11H3. The van der Waals surface area contributed by atoms with E-state index in [1.54, 1.807) is 11.1 Å². The molecule has 7 aliphatic rings. The van der Waals surface area contributed by atoms with E-state index in [9.17, 15) is 0 Å². The van der Waals surface area contributed by atoms with E-state index in [4.69, 9.17) is 0 Å². The van der Waals surface area contributed by atoms with Gasteiger partial charge in [0.15, 0.2) is 0 Å². The molecule has 2 saturated carbocycles. The maximum absolute atomic E-state index is 2.95. The highest BCUT2D eigenvalue weighted by atomic mass is 15.3. The summed E-state index contributed by atoms with van der Waals surface area (Å²) < 4.78 is 2.81. The average Bonchev–Trinajstić information content (AvgIpc) is 3.82. The highest BCUT2D eigenvalue weighted by molar-refractivity contribution is 7.00. The molecule has 1 aromatic heterocycles. The van der Waals surface area contributed by atoms with Crippen molar-refractivity contribution in [2.24, 2.45) is 0 Å². The zero-order valence-electron chi connectivity index (χ0n) is 38.6. The Hall–Kier alpha value is -4.70. The van der Waals surface area contributed by atoms with Crippen molar-refractivity contribution < 1.29 is 0 Å². The molecule has 61 heavy (non-hydrogen) atoms. The van der Waals surface area contributed by atoms with Crippen LogP contribution >= 0.6 is 0 Å². The number of aryl methyl sites for hydroxylation is 2. The topological polar surface area (TPSA) is 11.4 Å². The van der Waals surface area contributed by atoms with Crippen LogP contribution in [0.3, 0.4) is 0 Å². The molecule has 6 aromatic rings. The number of rotatable bonds is 1. The highest BCUT2D eigenvalue weighted by Gasteiger charge is 2.63. The molecule has 5 aromatic carbocycles. The predicted molar refractivity (Wildman–Crippen MR) is 259 cm³/mol. The molecule has 13 rings (SSSR count). The fourth-order valence-electron chi connectivity index (χ4n) is 15.7. The maximum atomic E-state index is 2.95. The van der Waals surface area contributed by atoms with Crippen LogP contribution in [0.15, 0.2) is 78.9 Å². The second kappa shape index (κ2) is 11.1. The molecule has 0 bridgehead atoms. The number of anilines is 4. The van der Waals surface area contributed by atoms with Crippen LogP contribution in [0.2, 0.25) is 0 Å². The zero-order chi connectivity index (χ0) is 42.1. The molecule has 0 spiro atoms. The van der Waals surface area contributed by atoms with Crippen molar-refractivity contribution in [1.29, 1.82) is 0 Å². The molecule has 3 nitrogen and oxygen atoms in total. The van der Waals surface area contributed by atoms with Gasteiger partial charge in [0.25, 0.3) is 6.71 Å². The van der Waals surface area contributed by atoms with E-state index >= 15 is 0 Å². The number of fused-ring (bicyclic) bond motifs is 15. The van der Waals surface area contributed by atoms with Gasteiger partial charge in [-0.25, -0.2) is 0 Å². The third-order valence-corrected chi connectivity index (χ3v) is 18.9. The molecular weight excluding hydrogens is 737 g/mol. The number of benzene rings is 5. The summed E-state index contributed by atoms with van der Waals surface area (Å²) in [6.07, 6.45) is 10.0. The van der Waals surface area contributed by atoms with Crippen LogP contribution in [0, 0.1) is 13.8 Å². The Morgan fingerprint density at radius 3 is 2.03 bits per heavy atom. The quantitative estimate of drug-likeness (QED) is 0.153. The van der Waals surface area contributed by atoms with Crippen molar-refractivity contribution in [1.82, 2.24) is 4.57 Å². The van der Waals surface area contributed by atoms with Crippen molar-refractivity contribution in [3.63, 3.8) is 0 Å². The van der Waals surface area contributed by atoms with Crippen LogP contribution in [-0.2, 0) is 21.7 Å². The van der Waals surface area contributed by atoms with Gasteiger partial charge >= 0.3 is 0 Å². The number of hydrogen-bond acceptors (Lipinski definition) is 2. The van der Waals surface area contributed by atoms with Gasteiger partial charge < -0.3 is 14.4 Å². The smallest absolute Gasteiger partial charge is 0.252 e. The summed E-state index contributed by atoms with van der Waals surface area (Å²) in [6.45, 7) is 27.6. The Labute approximate surface area is 364 Å². The lowest BCUT2D eigenvalue weighted by molar-refractivity contribution is 0.193. The number of hydrogen-bond donors (Lipinski definition) is 0. The molecule has 5 heterocycles. The largest absolute Gasteiger partial charge is 0.335 e. The lowest BCUT2D eigenvalue weighted by Gasteiger charge is -2.53. The normalized spacial score (nSPS) is 28.0. The van der Waals surface area contributed by atoms with E-state index in [1.807, 2.05) is 0 Å². The van der Waals surface area contributed by atoms with E-state index in [-0.39, 0.29) is 39.5 Å². The summed E-state index contributed by atoms with van der Waals surface area (Å²) in [7, 11) is 0. The van der Waals surface area contributed by atoms with Gasteiger partial charge in [0.2, 0.25) is 0 Å². The summed E-state index contributed by atoms with van der Waals surface area (Å²) in [4.78, 5) is 5.85. The maximum Gasteiger partial charge on any atom is 0.252 e. The summed E-state index contributed by atoms with van der Waals surface area (Å²) in [5.41, 5.74) is 26.3. The summed E-state index contributed by atoms with van der Waals surface area (Å²) in [5, 5.41) is 1.45. The predicted octanol–water partition coefficient (Wildman–Crippen LogP) is 12.5. The van der Waals surface area contributed by atoms with E-state index in [0.29, 0.717) is 0 Å². The van der Waals surface area contributed by atoms with Gasteiger partial charge in [0, 0.05) is 61.1 Å². The SMILES string of the molecule is Cc1cc(C)c2c(c1)N(c1cc3c4c(c1)-n1c5c(c6cc(C(C)(C)C)cc(c61)B4c1cccc4c1N3C1(C)CCCCC41C)C(C)(C)c1ccccc1-5)C1(C)CCCCC21C. The summed E-state index contributed by atoms with van der Waals surface area (Å²) in [5.74, 6) is 0. The molecular formula is C57H62BN3. The molecule has 0 radical (unpaired) electrons. The monoisotopic (exact) mass is 800 g/mol. The second-order valence-corrected chi connectivity index (χ2v) is 23.3. The molecule has 3 aliphatic carbocycles. The third-order valence-electron chi connectivity index (χ3n) is 18.9. The molecule has 4 aliphatic heterocycles. The number of aromatic nitrogens is 1. The first kappa shape index (κ1) is 36.9. The molecule has 4 unspecified atom stereocenters. The van der Waals surface area contributed by atoms with Crippen molar-refractivity contribution in [2.75, 3.05) is 9.80 Å². The van der Waals surface area contributed by atoms with Crippen LogP contribution in [0.4, 0.5) is 22.7 Å². The lowest BCUT2D eigenvalue weighted by atomic mass is 9.33. The Morgan fingerprint density at radius 1 is 0.607 bits per heavy atom. The van der Waals surface area contributed by atoms with Gasteiger partial charge in [0.05, 0.1) is 16.8 Å². The highest BCUT2D eigenvalue weighted by Crippen LogP contribution is 2.65. The van der Waals surface area contributed by atoms with Crippen LogP contribution in [-0.4, -0.2) is 22.4 Å². The average molecular weight is 800 g/mol. The first-order valence-electron chi connectivity index (χ1n) is 23.8. The van der Waals surface area contributed by atoms with Crippen LogP contribution in [0.25, 0.3) is 27.8 Å². The molecule has 0 saturated heterocycles. The van der Waals surface area contributed by atoms with Crippen molar-refractivity contribution in [2.45, 2.75) is 160 Å². The molecule has 4 atom stereocenters. The van der Waals surface area contributed by atoms with Crippen LogP contribution < -0.4 is 26.2 Å². The fraction of sp³-hybridized carbons (Fsp3) is 0.439. The van der Waals surface area contributed by atoms with Gasteiger partial charge in [-0.3, -0.25) is 0 Å². The first-order valence-corrected chi connectivity index (χ1v) is 23.8. The summed E-state index contributed by atoms with van der Waals surface area (Å²) >= 11 is 0. The number of nitrogens with zero attached hydrogens (tertiary/aromatic N) is 3. The van der Waals surface area contributed by atoms with Gasteiger partial charge in [-0.05, 0) is 138 Å².